The summed E-state index contributed by atoms with van der Waals surface area (Å²) in [5.74, 6) is 0.598. The topological polar surface area (TPSA) is 64.3 Å². The van der Waals surface area contributed by atoms with Crippen LogP contribution in [0, 0.1) is 5.41 Å². The Hall–Kier alpha value is -1.71. The molecule has 4 heteroatoms. The van der Waals surface area contributed by atoms with Gasteiger partial charge in [-0.3, -0.25) is 4.79 Å². The van der Waals surface area contributed by atoms with Crippen molar-refractivity contribution in [2.24, 2.45) is 5.41 Å². The average Bonchev–Trinajstić information content (AvgIpc) is 2.83. The van der Waals surface area contributed by atoms with E-state index in [-0.39, 0.29) is 17.9 Å². The highest BCUT2D eigenvalue weighted by molar-refractivity contribution is 5.77. The van der Waals surface area contributed by atoms with Crippen molar-refractivity contribution in [3.63, 3.8) is 0 Å². The Morgan fingerprint density at radius 2 is 1.95 bits per heavy atom. The van der Waals surface area contributed by atoms with Crippen LogP contribution in [-0.4, -0.2) is 19.1 Å². The monoisotopic (exact) mass is 262 g/mol. The number of hydrogen-bond acceptors (Lipinski definition) is 3. The summed E-state index contributed by atoms with van der Waals surface area (Å²) >= 11 is 0. The van der Waals surface area contributed by atoms with Gasteiger partial charge in [-0.25, -0.2) is 0 Å². The number of benzene rings is 1. The van der Waals surface area contributed by atoms with Crippen LogP contribution in [0.2, 0.25) is 0 Å². The molecule has 1 fully saturated rings. The summed E-state index contributed by atoms with van der Waals surface area (Å²) in [5.41, 5.74) is 6.54. The third-order valence-corrected chi connectivity index (χ3v) is 3.77. The number of amides is 1. The summed E-state index contributed by atoms with van der Waals surface area (Å²) in [6.07, 6.45) is 4.95. The Morgan fingerprint density at radius 1 is 1.32 bits per heavy atom. The van der Waals surface area contributed by atoms with Crippen LogP contribution in [-0.2, 0) is 4.79 Å². The second kappa shape index (κ2) is 5.95. The van der Waals surface area contributed by atoms with Crippen molar-refractivity contribution in [1.29, 1.82) is 0 Å². The molecule has 1 aliphatic carbocycles. The van der Waals surface area contributed by atoms with Crippen molar-refractivity contribution < 1.29 is 9.53 Å². The van der Waals surface area contributed by atoms with Gasteiger partial charge in [0.15, 0.2) is 6.61 Å². The molecule has 1 amide bonds. The SMILES string of the molecule is CC1(CNC(=O)COc2ccc(N)cc2)CCCC1. The normalized spacial score (nSPS) is 17.1. The maximum absolute atomic E-state index is 11.7. The van der Waals surface area contributed by atoms with Crippen LogP contribution >= 0.6 is 0 Å². The number of carbonyl (C=O) groups excluding carboxylic acids is 1. The van der Waals surface area contributed by atoms with Gasteiger partial charge in [0, 0.05) is 12.2 Å². The van der Waals surface area contributed by atoms with E-state index in [4.69, 9.17) is 10.5 Å². The van der Waals surface area contributed by atoms with E-state index in [1.807, 2.05) is 0 Å². The lowest BCUT2D eigenvalue weighted by Gasteiger charge is -2.23. The predicted molar refractivity (Wildman–Crippen MR) is 75.9 cm³/mol. The largest absolute Gasteiger partial charge is 0.484 e. The van der Waals surface area contributed by atoms with Crippen LogP contribution in [0.3, 0.4) is 0 Å². The number of rotatable bonds is 5. The Bertz CT molecular complexity index is 422. The minimum Gasteiger partial charge on any atom is -0.484 e. The van der Waals surface area contributed by atoms with Gasteiger partial charge >= 0.3 is 0 Å². The molecule has 1 saturated carbocycles. The Balaban J connectivity index is 1.71. The number of ether oxygens (including phenoxy) is 1. The van der Waals surface area contributed by atoms with Crippen molar-refractivity contribution in [2.75, 3.05) is 18.9 Å². The van der Waals surface area contributed by atoms with Crippen LogP contribution < -0.4 is 15.8 Å². The number of carbonyl (C=O) groups is 1. The van der Waals surface area contributed by atoms with Gasteiger partial charge in [-0.2, -0.15) is 0 Å². The fraction of sp³-hybridized carbons (Fsp3) is 0.533. The van der Waals surface area contributed by atoms with Gasteiger partial charge in [0.05, 0.1) is 0 Å². The first-order valence-corrected chi connectivity index (χ1v) is 6.82. The first-order chi connectivity index (χ1) is 9.07. The van der Waals surface area contributed by atoms with E-state index in [0.717, 1.165) is 6.54 Å². The van der Waals surface area contributed by atoms with Crippen LogP contribution in [0.15, 0.2) is 24.3 Å². The molecule has 0 atom stereocenters. The standard InChI is InChI=1S/C15H22N2O2/c1-15(8-2-3-9-15)11-17-14(18)10-19-13-6-4-12(16)5-7-13/h4-7H,2-3,8-11,16H2,1H3,(H,17,18). The van der Waals surface area contributed by atoms with E-state index in [2.05, 4.69) is 12.2 Å². The summed E-state index contributed by atoms with van der Waals surface area (Å²) < 4.78 is 5.40. The first-order valence-electron chi connectivity index (χ1n) is 6.82. The highest BCUT2D eigenvalue weighted by Gasteiger charge is 2.28. The minimum atomic E-state index is -0.0649. The number of anilines is 1. The van der Waals surface area contributed by atoms with Crippen LogP contribution in [0.5, 0.6) is 5.75 Å². The van der Waals surface area contributed by atoms with E-state index in [0.29, 0.717) is 11.4 Å². The molecular formula is C15H22N2O2. The van der Waals surface area contributed by atoms with Crippen molar-refractivity contribution in [3.05, 3.63) is 24.3 Å². The fourth-order valence-corrected chi connectivity index (χ4v) is 2.48. The maximum Gasteiger partial charge on any atom is 0.257 e. The van der Waals surface area contributed by atoms with Crippen LogP contribution in [0.1, 0.15) is 32.6 Å². The van der Waals surface area contributed by atoms with Gasteiger partial charge in [-0.05, 0) is 42.5 Å². The molecule has 3 N–H and O–H groups in total. The summed E-state index contributed by atoms with van der Waals surface area (Å²) in [4.78, 5) is 11.7. The highest BCUT2D eigenvalue weighted by atomic mass is 16.5. The Labute approximate surface area is 114 Å². The van der Waals surface area contributed by atoms with Crippen LogP contribution in [0.25, 0.3) is 0 Å². The lowest BCUT2D eigenvalue weighted by molar-refractivity contribution is -0.123. The van der Waals surface area contributed by atoms with Gasteiger partial charge in [0.1, 0.15) is 5.75 Å². The number of nitrogen functional groups attached to an aromatic ring is 1. The number of hydrogen-bond donors (Lipinski definition) is 2. The quantitative estimate of drug-likeness (QED) is 0.801. The summed E-state index contributed by atoms with van der Waals surface area (Å²) in [6, 6.07) is 7.04. The minimum absolute atomic E-state index is 0.0556. The second-order valence-corrected chi connectivity index (χ2v) is 5.65. The van der Waals surface area contributed by atoms with E-state index in [9.17, 15) is 4.79 Å². The summed E-state index contributed by atoms with van der Waals surface area (Å²) in [6.45, 7) is 3.04. The smallest absolute Gasteiger partial charge is 0.257 e. The molecule has 4 nitrogen and oxygen atoms in total. The van der Waals surface area contributed by atoms with Gasteiger partial charge in [0.2, 0.25) is 0 Å². The number of nitrogens with one attached hydrogen (secondary N) is 1. The molecule has 0 saturated heterocycles. The Morgan fingerprint density at radius 3 is 2.58 bits per heavy atom. The lowest BCUT2D eigenvalue weighted by atomic mass is 9.89. The summed E-state index contributed by atoms with van der Waals surface area (Å²) in [5, 5.41) is 2.96. The molecule has 0 radical (unpaired) electrons. The van der Waals surface area contributed by atoms with E-state index in [1.54, 1.807) is 24.3 Å². The van der Waals surface area contributed by atoms with Crippen molar-refractivity contribution in [1.82, 2.24) is 5.32 Å². The third-order valence-electron chi connectivity index (χ3n) is 3.77. The van der Waals surface area contributed by atoms with Gasteiger partial charge in [-0.15, -0.1) is 0 Å². The fourth-order valence-electron chi connectivity index (χ4n) is 2.48. The van der Waals surface area contributed by atoms with Crippen molar-refractivity contribution in [2.45, 2.75) is 32.6 Å². The zero-order valence-corrected chi connectivity index (χ0v) is 11.4. The molecule has 2 rings (SSSR count). The molecule has 0 bridgehead atoms. The van der Waals surface area contributed by atoms with Gasteiger partial charge < -0.3 is 15.8 Å². The molecule has 104 valence electrons. The van der Waals surface area contributed by atoms with E-state index < -0.39 is 0 Å². The van der Waals surface area contributed by atoms with E-state index >= 15 is 0 Å². The highest BCUT2D eigenvalue weighted by Crippen LogP contribution is 2.36. The molecule has 0 unspecified atom stereocenters. The molecule has 1 aromatic rings. The van der Waals surface area contributed by atoms with Gasteiger partial charge in [0.25, 0.3) is 5.91 Å². The molecule has 0 spiro atoms. The van der Waals surface area contributed by atoms with Crippen LogP contribution in [0.4, 0.5) is 5.69 Å². The molecule has 19 heavy (non-hydrogen) atoms. The molecule has 0 heterocycles. The van der Waals surface area contributed by atoms with E-state index in [1.165, 1.54) is 25.7 Å². The third kappa shape index (κ3) is 4.16. The predicted octanol–water partition coefficient (Wildman–Crippen LogP) is 2.34. The molecule has 1 aliphatic rings. The van der Waals surface area contributed by atoms with Crippen molar-refractivity contribution in [3.8, 4) is 5.75 Å². The maximum atomic E-state index is 11.7. The Kier molecular flexibility index (Phi) is 4.30. The zero-order chi connectivity index (χ0) is 13.7. The van der Waals surface area contributed by atoms with Gasteiger partial charge in [-0.1, -0.05) is 19.8 Å². The first kappa shape index (κ1) is 13.7. The molecule has 0 aliphatic heterocycles. The summed E-state index contributed by atoms with van der Waals surface area (Å²) in [7, 11) is 0. The molecule has 1 aromatic carbocycles. The lowest BCUT2D eigenvalue weighted by Crippen LogP contribution is -2.36. The zero-order valence-electron chi connectivity index (χ0n) is 11.4. The molecule has 0 aromatic heterocycles. The second-order valence-electron chi connectivity index (χ2n) is 5.65. The van der Waals surface area contributed by atoms with Crippen molar-refractivity contribution >= 4 is 11.6 Å². The molecular weight excluding hydrogens is 240 g/mol. The average molecular weight is 262 g/mol. The number of nitrogens with two attached hydrogens (primary N) is 1.